The minimum atomic E-state index is -0.817. The van der Waals surface area contributed by atoms with E-state index in [0.717, 1.165) is 17.5 Å². The first-order valence-corrected chi connectivity index (χ1v) is 5.89. The fraction of sp³-hybridized carbons (Fsp3) is 0.308. The van der Waals surface area contributed by atoms with Crippen molar-refractivity contribution in [3.63, 3.8) is 0 Å². The number of anilines is 1. The Hall–Kier alpha value is -2.35. The number of benzene rings is 1. The summed E-state index contributed by atoms with van der Waals surface area (Å²) in [4.78, 5) is 19.2. The van der Waals surface area contributed by atoms with Gasteiger partial charge in [0.05, 0.1) is 23.4 Å². The molecule has 0 unspecified atom stereocenters. The Morgan fingerprint density at radius 2 is 2.33 bits per heavy atom. The number of carbonyl (C=O) groups excluding carboxylic acids is 1. The minimum Gasteiger partial charge on any atom is -0.345 e. The van der Waals surface area contributed by atoms with Crippen molar-refractivity contribution in [1.29, 1.82) is 5.26 Å². The zero-order valence-corrected chi connectivity index (χ0v) is 9.73. The molecular formula is C13H12N4O. The molecule has 0 saturated heterocycles. The molecule has 1 heterocycles. The number of imidazole rings is 1. The molecule has 0 spiro atoms. The number of nitriles is 1. The van der Waals surface area contributed by atoms with Gasteiger partial charge in [0.2, 0.25) is 5.91 Å². The smallest absolute Gasteiger partial charge is 0.244 e. The van der Waals surface area contributed by atoms with Crippen molar-refractivity contribution < 1.29 is 4.79 Å². The predicted octanol–water partition coefficient (Wildman–Crippen LogP) is 2.20. The minimum absolute atomic E-state index is 0.199. The molecule has 1 amide bonds. The van der Waals surface area contributed by atoms with E-state index < -0.39 is 5.41 Å². The number of aromatic nitrogens is 2. The second-order valence-electron chi connectivity index (χ2n) is 4.64. The lowest BCUT2D eigenvalue weighted by atomic mass is 9.69. The average Bonchev–Trinajstić information content (AvgIpc) is 2.75. The molecule has 18 heavy (non-hydrogen) atoms. The van der Waals surface area contributed by atoms with Crippen LogP contribution in [0.1, 0.15) is 19.3 Å². The van der Waals surface area contributed by atoms with Gasteiger partial charge in [0, 0.05) is 5.69 Å². The van der Waals surface area contributed by atoms with Gasteiger partial charge in [-0.1, -0.05) is 0 Å². The molecule has 5 nitrogen and oxygen atoms in total. The van der Waals surface area contributed by atoms with Gasteiger partial charge in [-0.15, -0.1) is 0 Å². The van der Waals surface area contributed by atoms with Crippen LogP contribution in [0.3, 0.4) is 0 Å². The number of amides is 1. The molecule has 0 bridgehead atoms. The molecule has 3 rings (SSSR count). The Bertz CT molecular complexity index is 648. The van der Waals surface area contributed by atoms with Crippen molar-refractivity contribution in [1.82, 2.24) is 9.97 Å². The normalized spacial score (nSPS) is 16.8. The summed E-state index contributed by atoms with van der Waals surface area (Å²) < 4.78 is 0. The molecule has 1 fully saturated rings. The van der Waals surface area contributed by atoms with Gasteiger partial charge < -0.3 is 10.3 Å². The van der Waals surface area contributed by atoms with Crippen molar-refractivity contribution in [3.8, 4) is 6.07 Å². The second-order valence-corrected chi connectivity index (χ2v) is 4.64. The second kappa shape index (κ2) is 3.84. The van der Waals surface area contributed by atoms with E-state index in [1.54, 1.807) is 12.4 Å². The van der Waals surface area contributed by atoms with Crippen LogP contribution in [0.25, 0.3) is 11.0 Å². The monoisotopic (exact) mass is 240 g/mol. The number of carbonyl (C=O) groups is 1. The van der Waals surface area contributed by atoms with Gasteiger partial charge in [-0.3, -0.25) is 4.79 Å². The van der Waals surface area contributed by atoms with Gasteiger partial charge in [-0.25, -0.2) is 4.98 Å². The molecule has 1 aromatic carbocycles. The summed E-state index contributed by atoms with van der Waals surface area (Å²) in [7, 11) is 0. The molecule has 0 radical (unpaired) electrons. The molecule has 1 aliphatic rings. The van der Waals surface area contributed by atoms with Crippen LogP contribution in [0.4, 0.5) is 5.69 Å². The third-order valence-corrected chi connectivity index (χ3v) is 3.53. The van der Waals surface area contributed by atoms with Crippen LogP contribution in [-0.2, 0) is 4.79 Å². The number of H-pyrrole nitrogens is 1. The van der Waals surface area contributed by atoms with E-state index in [4.69, 9.17) is 5.26 Å². The van der Waals surface area contributed by atoms with Gasteiger partial charge in [0.1, 0.15) is 5.41 Å². The van der Waals surface area contributed by atoms with Gasteiger partial charge in [0.25, 0.3) is 0 Å². The number of hydrogen-bond acceptors (Lipinski definition) is 3. The lowest BCUT2D eigenvalue weighted by Crippen LogP contribution is -2.40. The van der Waals surface area contributed by atoms with E-state index in [0.29, 0.717) is 18.5 Å². The summed E-state index contributed by atoms with van der Waals surface area (Å²) in [5.74, 6) is -0.199. The maximum atomic E-state index is 12.1. The first-order valence-electron chi connectivity index (χ1n) is 5.89. The first kappa shape index (κ1) is 10.8. The number of aromatic amines is 1. The van der Waals surface area contributed by atoms with Gasteiger partial charge in [-0.05, 0) is 37.5 Å². The molecule has 1 aliphatic carbocycles. The highest BCUT2D eigenvalue weighted by Crippen LogP contribution is 2.41. The standard InChI is InChI=1S/C13H12N4O/c14-7-13(4-1-5-13)12(18)17-9-2-3-10-11(6-9)16-8-15-10/h2-3,6,8H,1,4-5H2,(H,15,16)(H,17,18). The summed E-state index contributed by atoms with van der Waals surface area (Å²) in [6, 6.07) is 7.59. The molecule has 0 aliphatic heterocycles. The number of nitrogens with one attached hydrogen (secondary N) is 2. The third kappa shape index (κ3) is 1.54. The van der Waals surface area contributed by atoms with Crippen LogP contribution in [0, 0.1) is 16.7 Å². The number of nitrogens with zero attached hydrogens (tertiary/aromatic N) is 2. The van der Waals surface area contributed by atoms with Crippen molar-refractivity contribution in [3.05, 3.63) is 24.5 Å². The molecule has 1 aromatic heterocycles. The summed E-state index contributed by atoms with van der Waals surface area (Å²) in [5.41, 5.74) is 1.60. The number of rotatable bonds is 2. The summed E-state index contributed by atoms with van der Waals surface area (Å²) >= 11 is 0. The average molecular weight is 240 g/mol. The molecule has 2 aromatic rings. The van der Waals surface area contributed by atoms with Crippen LogP contribution in [0.15, 0.2) is 24.5 Å². The SMILES string of the molecule is N#CC1(C(=O)Nc2ccc3nc[nH]c3c2)CCC1. The number of hydrogen-bond donors (Lipinski definition) is 2. The summed E-state index contributed by atoms with van der Waals surface area (Å²) in [6.45, 7) is 0. The molecule has 5 heteroatoms. The number of fused-ring (bicyclic) bond motifs is 1. The molecule has 0 atom stereocenters. The lowest BCUT2D eigenvalue weighted by Gasteiger charge is -2.33. The van der Waals surface area contributed by atoms with E-state index in [-0.39, 0.29) is 5.91 Å². The summed E-state index contributed by atoms with van der Waals surface area (Å²) in [6.07, 6.45) is 3.86. The summed E-state index contributed by atoms with van der Waals surface area (Å²) in [5, 5.41) is 11.9. The highest BCUT2D eigenvalue weighted by atomic mass is 16.2. The van der Waals surface area contributed by atoms with E-state index in [2.05, 4.69) is 21.4 Å². The molecule has 90 valence electrons. The highest BCUT2D eigenvalue weighted by molar-refractivity contribution is 5.99. The van der Waals surface area contributed by atoms with Crippen molar-refractivity contribution in [2.75, 3.05) is 5.32 Å². The zero-order valence-electron chi connectivity index (χ0n) is 9.73. The Kier molecular flexibility index (Phi) is 2.30. The fourth-order valence-electron chi connectivity index (χ4n) is 2.18. The van der Waals surface area contributed by atoms with Crippen LogP contribution >= 0.6 is 0 Å². The van der Waals surface area contributed by atoms with Crippen LogP contribution in [-0.4, -0.2) is 15.9 Å². The Balaban J connectivity index is 1.84. The fourth-order valence-corrected chi connectivity index (χ4v) is 2.18. The van der Waals surface area contributed by atoms with Crippen LogP contribution in [0.5, 0.6) is 0 Å². The van der Waals surface area contributed by atoms with Crippen LogP contribution < -0.4 is 5.32 Å². The third-order valence-electron chi connectivity index (χ3n) is 3.53. The quantitative estimate of drug-likeness (QED) is 0.844. The maximum absolute atomic E-state index is 12.1. The Morgan fingerprint density at radius 1 is 1.50 bits per heavy atom. The van der Waals surface area contributed by atoms with Gasteiger partial charge in [0.15, 0.2) is 0 Å². The zero-order chi connectivity index (χ0) is 12.6. The van der Waals surface area contributed by atoms with Gasteiger partial charge in [-0.2, -0.15) is 5.26 Å². The maximum Gasteiger partial charge on any atom is 0.244 e. The Morgan fingerprint density at radius 3 is 3.00 bits per heavy atom. The van der Waals surface area contributed by atoms with E-state index in [1.807, 2.05) is 12.1 Å². The van der Waals surface area contributed by atoms with E-state index in [1.165, 1.54) is 0 Å². The van der Waals surface area contributed by atoms with Gasteiger partial charge >= 0.3 is 0 Å². The molecular weight excluding hydrogens is 228 g/mol. The van der Waals surface area contributed by atoms with Crippen LogP contribution in [0.2, 0.25) is 0 Å². The first-order chi connectivity index (χ1) is 8.73. The molecule has 2 N–H and O–H groups in total. The predicted molar refractivity (Wildman–Crippen MR) is 66.6 cm³/mol. The van der Waals surface area contributed by atoms with Crippen molar-refractivity contribution in [2.45, 2.75) is 19.3 Å². The van der Waals surface area contributed by atoms with Crippen molar-refractivity contribution in [2.24, 2.45) is 5.41 Å². The lowest BCUT2D eigenvalue weighted by molar-refractivity contribution is -0.126. The van der Waals surface area contributed by atoms with E-state index in [9.17, 15) is 4.79 Å². The van der Waals surface area contributed by atoms with Crippen molar-refractivity contribution >= 4 is 22.6 Å². The Labute approximate surface area is 104 Å². The van der Waals surface area contributed by atoms with E-state index >= 15 is 0 Å². The largest absolute Gasteiger partial charge is 0.345 e. The topological polar surface area (TPSA) is 81.6 Å². The highest BCUT2D eigenvalue weighted by Gasteiger charge is 2.44. The molecule has 1 saturated carbocycles.